The monoisotopic (exact) mass is 362 g/mol. The zero-order valence-corrected chi connectivity index (χ0v) is 15.1. The van der Waals surface area contributed by atoms with Crippen LogP contribution in [0.5, 0.6) is 0 Å². The Kier molecular flexibility index (Phi) is 6.16. The minimum absolute atomic E-state index is 0.107. The molecule has 8 heteroatoms. The number of rotatable bonds is 2. The number of nitrogen functional groups attached to an aromatic ring is 2. The maximum atomic E-state index is 9.32. The molecule has 0 amide bonds. The molecule has 0 aliphatic heterocycles. The van der Waals surface area contributed by atoms with Crippen molar-refractivity contribution in [1.29, 1.82) is 0 Å². The van der Waals surface area contributed by atoms with Gasteiger partial charge in [-0.1, -0.05) is 0 Å². The highest BCUT2D eigenvalue weighted by Crippen LogP contribution is 2.29. The van der Waals surface area contributed by atoms with Crippen molar-refractivity contribution in [1.82, 2.24) is 19.6 Å². The molecule has 0 aromatic carbocycles. The van der Waals surface area contributed by atoms with Crippen molar-refractivity contribution < 1.29 is 10.2 Å². The third kappa shape index (κ3) is 4.98. The summed E-state index contributed by atoms with van der Waals surface area (Å²) in [5.74, 6) is 0. The van der Waals surface area contributed by atoms with E-state index in [0.29, 0.717) is 23.5 Å². The Labute approximate surface area is 153 Å². The molecule has 0 bridgehead atoms. The first kappa shape index (κ1) is 18.7. The fraction of sp³-hybridized carbons (Fsp3) is 0.667. The Morgan fingerprint density at radius 3 is 1.31 bits per heavy atom. The Hall–Kier alpha value is -2.06. The molecular formula is C18H30N6O2. The van der Waals surface area contributed by atoms with E-state index in [0.717, 1.165) is 51.4 Å². The second-order valence-electron chi connectivity index (χ2n) is 7.43. The van der Waals surface area contributed by atoms with E-state index in [4.69, 9.17) is 11.5 Å². The smallest absolute Gasteiger partial charge is 0.0719 e. The zero-order valence-electron chi connectivity index (χ0n) is 15.1. The lowest BCUT2D eigenvalue weighted by atomic mass is 9.93. The molecule has 8 nitrogen and oxygen atoms in total. The van der Waals surface area contributed by atoms with Crippen molar-refractivity contribution in [3.05, 3.63) is 24.8 Å². The highest BCUT2D eigenvalue weighted by atomic mass is 16.3. The molecule has 2 aromatic heterocycles. The molecule has 0 radical (unpaired) electrons. The summed E-state index contributed by atoms with van der Waals surface area (Å²) in [5.41, 5.74) is 12.6. The molecule has 26 heavy (non-hydrogen) atoms. The second kappa shape index (κ2) is 8.55. The summed E-state index contributed by atoms with van der Waals surface area (Å²) in [6, 6.07) is 0.862. The lowest BCUT2D eigenvalue weighted by Gasteiger charge is -2.25. The summed E-state index contributed by atoms with van der Waals surface area (Å²) >= 11 is 0. The van der Waals surface area contributed by atoms with Gasteiger partial charge in [-0.25, -0.2) is 0 Å². The van der Waals surface area contributed by atoms with Gasteiger partial charge in [0.15, 0.2) is 0 Å². The maximum Gasteiger partial charge on any atom is 0.0719 e. The van der Waals surface area contributed by atoms with Crippen LogP contribution in [0.15, 0.2) is 24.8 Å². The van der Waals surface area contributed by atoms with Gasteiger partial charge in [0.1, 0.15) is 0 Å². The van der Waals surface area contributed by atoms with Crippen LogP contribution in [0.4, 0.5) is 11.4 Å². The number of aromatic nitrogens is 4. The molecule has 2 fully saturated rings. The van der Waals surface area contributed by atoms with Crippen LogP contribution in [0.2, 0.25) is 0 Å². The SMILES string of the molecule is Nc1cnn(C2CCC(O)CC2)c1.Nc1cnn(C2CCC(O)CC2)c1. The largest absolute Gasteiger partial charge is 0.396 e. The number of aliphatic hydroxyl groups is 2. The van der Waals surface area contributed by atoms with Crippen molar-refractivity contribution in [3.63, 3.8) is 0 Å². The molecule has 2 saturated carbocycles. The molecule has 2 aliphatic rings. The predicted molar refractivity (Wildman–Crippen MR) is 100 cm³/mol. The average Bonchev–Trinajstić information content (AvgIpc) is 3.25. The molecule has 2 aromatic rings. The van der Waals surface area contributed by atoms with Crippen molar-refractivity contribution in [2.45, 2.75) is 75.7 Å². The maximum absolute atomic E-state index is 9.32. The van der Waals surface area contributed by atoms with Crippen molar-refractivity contribution in [3.8, 4) is 0 Å². The van der Waals surface area contributed by atoms with E-state index in [9.17, 15) is 10.2 Å². The predicted octanol–water partition coefficient (Wildman–Crippen LogP) is 1.88. The van der Waals surface area contributed by atoms with Crippen LogP contribution < -0.4 is 11.5 Å². The Morgan fingerprint density at radius 1 is 0.692 bits per heavy atom. The molecule has 0 atom stereocenters. The first-order valence-corrected chi connectivity index (χ1v) is 9.46. The summed E-state index contributed by atoms with van der Waals surface area (Å²) < 4.78 is 3.84. The van der Waals surface area contributed by atoms with Crippen LogP contribution in [-0.2, 0) is 0 Å². The Morgan fingerprint density at radius 2 is 1.04 bits per heavy atom. The Balaban J connectivity index is 0.000000151. The number of anilines is 2. The normalized spacial score (nSPS) is 29.0. The van der Waals surface area contributed by atoms with Gasteiger partial charge in [0.05, 0.1) is 48.1 Å². The van der Waals surface area contributed by atoms with Gasteiger partial charge in [0.25, 0.3) is 0 Å². The molecule has 2 aliphatic carbocycles. The van der Waals surface area contributed by atoms with Gasteiger partial charge in [-0.15, -0.1) is 0 Å². The van der Waals surface area contributed by atoms with E-state index in [-0.39, 0.29) is 12.2 Å². The standard InChI is InChI=1S/2C9H15N3O/c2*10-7-5-11-12(6-7)8-1-3-9(13)4-2-8/h2*5-6,8-9,13H,1-4,10H2. The van der Waals surface area contributed by atoms with E-state index < -0.39 is 0 Å². The molecule has 0 spiro atoms. The minimum atomic E-state index is -0.107. The highest BCUT2D eigenvalue weighted by Gasteiger charge is 2.21. The summed E-state index contributed by atoms with van der Waals surface area (Å²) in [4.78, 5) is 0. The van der Waals surface area contributed by atoms with E-state index in [1.54, 1.807) is 12.4 Å². The summed E-state index contributed by atoms with van der Waals surface area (Å²) in [6.45, 7) is 0. The number of hydrogen-bond acceptors (Lipinski definition) is 6. The molecule has 0 saturated heterocycles. The second-order valence-corrected chi connectivity index (χ2v) is 7.43. The third-order valence-electron chi connectivity index (χ3n) is 5.32. The van der Waals surface area contributed by atoms with Gasteiger partial charge in [0.2, 0.25) is 0 Å². The number of nitrogens with two attached hydrogens (primary N) is 2. The zero-order chi connectivity index (χ0) is 18.5. The van der Waals surface area contributed by atoms with Gasteiger partial charge in [-0.3, -0.25) is 9.36 Å². The van der Waals surface area contributed by atoms with Crippen LogP contribution in [0, 0.1) is 0 Å². The van der Waals surface area contributed by atoms with E-state index in [2.05, 4.69) is 10.2 Å². The van der Waals surface area contributed by atoms with Crippen molar-refractivity contribution in [2.24, 2.45) is 0 Å². The molecule has 2 heterocycles. The molecule has 144 valence electrons. The highest BCUT2D eigenvalue weighted by molar-refractivity contribution is 5.31. The lowest BCUT2D eigenvalue weighted by Crippen LogP contribution is -2.21. The minimum Gasteiger partial charge on any atom is -0.396 e. The molecule has 6 N–H and O–H groups in total. The van der Waals surface area contributed by atoms with E-state index in [1.807, 2.05) is 21.8 Å². The lowest BCUT2D eigenvalue weighted by molar-refractivity contribution is 0.107. The van der Waals surface area contributed by atoms with Crippen LogP contribution >= 0.6 is 0 Å². The third-order valence-corrected chi connectivity index (χ3v) is 5.32. The topological polar surface area (TPSA) is 128 Å². The average molecular weight is 362 g/mol. The van der Waals surface area contributed by atoms with Gasteiger partial charge in [-0.2, -0.15) is 10.2 Å². The van der Waals surface area contributed by atoms with E-state index in [1.165, 1.54) is 0 Å². The Bertz CT molecular complexity index is 611. The van der Waals surface area contributed by atoms with Crippen LogP contribution in [0.1, 0.15) is 63.5 Å². The molecular weight excluding hydrogens is 332 g/mol. The fourth-order valence-corrected chi connectivity index (χ4v) is 3.75. The first-order chi connectivity index (χ1) is 12.5. The van der Waals surface area contributed by atoms with Gasteiger partial charge >= 0.3 is 0 Å². The number of nitrogens with zero attached hydrogens (tertiary/aromatic N) is 4. The fourth-order valence-electron chi connectivity index (χ4n) is 3.75. The van der Waals surface area contributed by atoms with Crippen molar-refractivity contribution in [2.75, 3.05) is 11.5 Å². The van der Waals surface area contributed by atoms with Gasteiger partial charge < -0.3 is 21.7 Å². The summed E-state index contributed by atoms with van der Waals surface area (Å²) in [6.07, 6.45) is 14.4. The molecule has 4 rings (SSSR count). The first-order valence-electron chi connectivity index (χ1n) is 9.46. The molecule has 0 unspecified atom stereocenters. The van der Waals surface area contributed by atoms with Crippen LogP contribution in [0.3, 0.4) is 0 Å². The number of hydrogen-bond donors (Lipinski definition) is 4. The van der Waals surface area contributed by atoms with Crippen LogP contribution in [0.25, 0.3) is 0 Å². The summed E-state index contributed by atoms with van der Waals surface area (Å²) in [7, 11) is 0. The van der Waals surface area contributed by atoms with E-state index >= 15 is 0 Å². The quantitative estimate of drug-likeness (QED) is 0.646. The number of aliphatic hydroxyl groups excluding tert-OH is 2. The van der Waals surface area contributed by atoms with Gasteiger partial charge in [0, 0.05) is 12.4 Å². The summed E-state index contributed by atoms with van der Waals surface area (Å²) in [5, 5.41) is 27.0. The van der Waals surface area contributed by atoms with Crippen molar-refractivity contribution >= 4 is 11.4 Å². The van der Waals surface area contributed by atoms with Gasteiger partial charge in [-0.05, 0) is 51.4 Å². The van der Waals surface area contributed by atoms with Crippen LogP contribution in [-0.4, -0.2) is 42.0 Å².